The van der Waals surface area contributed by atoms with Gasteiger partial charge in [0.1, 0.15) is 11.9 Å². The van der Waals surface area contributed by atoms with Gasteiger partial charge in [0, 0.05) is 42.6 Å². The zero-order chi connectivity index (χ0) is 19.3. The molecule has 1 aliphatic heterocycles. The molecule has 1 aromatic heterocycles. The highest BCUT2D eigenvalue weighted by Gasteiger charge is 2.19. The quantitative estimate of drug-likeness (QED) is 0.361. The van der Waals surface area contributed by atoms with E-state index >= 15 is 0 Å². The Kier molecular flexibility index (Phi) is 6.54. The average Bonchev–Trinajstić information content (AvgIpc) is 3.14. The third-order valence-corrected chi connectivity index (χ3v) is 6.57. The molecule has 1 saturated heterocycles. The van der Waals surface area contributed by atoms with E-state index in [0.717, 1.165) is 32.0 Å². The highest BCUT2D eigenvalue weighted by molar-refractivity contribution is 7.98. The summed E-state index contributed by atoms with van der Waals surface area (Å²) in [4.78, 5) is 8.98. The van der Waals surface area contributed by atoms with Crippen molar-refractivity contribution in [1.29, 1.82) is 0 Å². The number of halogens is 2. The molecule has 0 spiro atoms. The molecule has 0 bridgehead atoms. The maximum absolute atomic E-state index is 13.9. The lowest BCUT2D eigenvalue weighted by atomic mass is 10.2. The number of hydrogen-bond donors (Lipinski definition) is 1. The van der Waals surface area contributed by atoms with Crippen molar-refractivity contribution in [1.82, 2.24) is 14.3 Å². The van der Waals surface area contributed by atoms with E-state index in [1.54, 1.807) is 12.1 Å². The second-order valence-electron chi connectivity index (χ2n) is 6.88. The van der Waals surface area contributed by atoms with Crippen LogP contribution in [-0.2, 0) is 5.75 Å². The highest BCUT2D eigenvalue weighted by Crippen LogP contribution is 2.30. The monoisotopic (exact) mass is 424 g/mol. The first kappa shape index (κ1) is 19.7. The zero-order valence-corrected chi connectivity index (χ0v) is 17.0. The fourth-order valence-corrected chi connectivity index (χ4v) is 4.64. The van der Waals surface area contributed by atoms with Gasteiger partial charge in [-0.3, -0.25) is 0 Å². The molecular weight excluding hydrogens is 402 g/mol. The Hall–Kier alpha value is -1.58. The topological polar surface area (TPSA) is 50.3 Å². The fourth-order valence-electron chi connectivity index (χ4n) is 3.05. The summed E-state index contributed by atoms with van der Waals surface area (Å²) >= 11 is 2.78. The summed E-state index contributed by atoms with van der Waals surface area (Å²) in [7, 11) is 0. The highest BCUT2D eigenvalue weighted by atomic mass is 32.2. The molecule has 1 aromatic carbocycles. The van der Waals surface area contributed by atoms with Crippen LogP contribution in [0.2, 0.25) is 0 Å². The number of ether oxygens (including phenoxy) is 1. The third kappa shape index (κ3) is 5.07. The Labute approximate surface area is 171 Å². The number of aromatic nitrogens is 2. The number of nitrogens with one attached hydrogen (secondary N) is 1. The van der Waals surface area contributed by atoms with Gasteiger partial charge in [-0.25, -0.2) is 18.1 Å². The van der Waals surface area contributed by atoms with Crippen molar-refractivity contribution in [2.75, 3.05) is 17.8 Å². The second-order valence-corrected chi connectivity index (χ2v) is 8.72. The van der Waals surface area contributed by atoms with Crippen LogP contribution in [0.4, 0.5) is 14.6 Å². The minimum Gasteiger partial charge on any atom is -0.474 e. The fraction of sp³-hybridized carbons (Fsp3) is 0.474. The van der Waals surface area contributed by atoms with Crippen LogP contribution in [-0.4, -0.2) is 33.5 Å². The van der Waals surface area contributed by atoms with Crippen molar-refractivity contribution < 1.29 is 13.5 Å². The van der Waals surface area contributed by atoms with Gasteiger partial charge in [0.15, 0.2) is 16.8 Å². The number of hydrogen-bond acceptors (Lipinski definition) is 7. The lowest BCUT2D eigenvalue weighted by Crippen LogP contribution is -2.31. The van der Waals surface area contributed by atoms with Crippen LogP contribution in [0, 0.1) is 11.6 Å². The summed E-state index contributed by atoms with van der Waals surface area (Å²) in [6.45, 7) is 2.10. The summed E-state index contributed by atoms with van der Waals surface area (Å²) in [6, 6.07) is 6.00. The SMILES string of the molecule is Fc1cccc(CSc2nc(NSN3CCC3)cc(OC3CCCC3)n2)c1F. The minimum absolute atomic E-state index is 0.185. The molecule has 2 aliphatic rings. The Morgan fingerprint density at radius 1 is 1.14 bits per heavy atom. The normalized spacial score (nSPS) is 17.5. The summed E-state index contributed by atoms with van der Waals surface area (Å²) in [5.74, 6) is -0.238. The Balaban J connectivity index is 1.47. The summed E-state index contributed by atoms with van der Waals surface area (Å²) in [5.41, 5.74) is 0.292. The van der Waals surface area contributed by atoms with E-state index in [0.29, 0.717) is 22.4 Å². The molecule has 9 heteroatoms. The smallest absolute Gasteiger partial charge is 0.219 e. The first-order chi connectivity index (χ1) is 13.7. The maximum Gasteiger partial charge on any atom is 0.219 e. The van der Waals surface area contributed by atoms with Gasteiger partial charge in [0.2, 0.25) is 5.88 Å². The van der Waals surface area contributed by atoms with Gasteiger partial charge in [-0.05, 0) is 38.2 Å². The van der Waals surface area contributed by atoms with E-state index in [2.05, 4.69) is 19.0 Å². The van der Waals surface area contributed by atoms with Gasteiger partial charge in [0.25, 0.3) is 0 Å². The predicted molar refractivity (Wildman–Crippen MR) is 108 cm³/mol. The molecule has 150 valence electrons. The zero-order valence-electron chi connectivity index (χ0n) is 15.4. The maximum atomic E-state index is 13.9. The van der Waals surface area contributed by atoms with Gasteiger partial charge < -0.3 is 9.46 Å². The summed E-state index contributed by atoms with van der Waals surface area (Å²) in [5, 5.41) is 0.478. The van der Waals surface area contributed by atoms with E-state index in [4.69, 9.17) is 4.74 Å². The van der Waals surface area contributed by atoms with Crippen LogP contribution in [0.3, 0.4) is 0 Å². The minimum atomic E-state index is -0.842. The molecule has 1 saturated carbocycles. The van der Waals surface area contributed by atoms with Crippen LogP contribution in [0.15, 0.2) is 29.4 Å². The van der Waals surface area contributed by atoms with Crippen LogP contribution in [0.1, 0.15) is 37.7 Å². The van der Waals surface area contributed by atoms with Crippen molar-refractivity contribution in [3.05, 3.63) is 41.5 Å². The molecule has 0 radical (unpaired) electrons. The third-order valence-electron chi connectivity index (χ3n) is 4.75. The van der Waals surface area contributed by atoms with Crippen molar-refractivity contribution in [2.45, 2.75) is 49.1 Å². The Bertz CT molecular complexity index is 817. The molecule has 5 nitrogen and oxygen atoms in total. The van der Waals surface area contributed by atoms with Crippen LogP contribution < -0.4 is 9.46 Å². The molecule has 2 heterocycles. The van der Waals surface area contributed by atoms with Crippen molar-refractivity contribution in [2.24, 2.45) is 0 Å². The van der Waals surface area contributed by atoms with Crippen molar-refractivity contribution in [3.63, 3.8) is 0 Å². The number of nitrogens with zero attached hydrogens (tertiary/aromatic N) is 3. The second kappa shape index (κ2) is 9.28. The molecule has 2 aromatic rings. The van der Waals surface area contributed by atoms with Crippen molar-refractivity contribution >= 4 is 29.7 Å². The number of thioether (sulfide) groups is 1. The van der Waals surface area contributed by atoms with Gasteiger partial charge in [-0.1, -0.05) is 23.9 Å². The van der Waals surface area contributed by atoms with Crippen LogP contribution in [0.5, 0.6) is 5.88 Å². The van der Waals surface area contributed by atoms with E-state index in [-0.39, 0.29) is 11.9 Å². The molecule has 28 heavy (non-hydrogen) atoms. The largest absolute Gasteiger partial charge is 0.474 e. The van der Waals surface area contributed by atoms with Gasteiger partial charge in [-0.15, -0.1) is 0 Å². The molecule has 0 unspecified atom stereocenters. The van der Waals surface area contributed by atoms with Crippen LogP contribution in [0.25, 0.3) is 0 Å². The lowest BCUT2D eigenvalue weighted by Gasteiger charge is -2.28. The average molecular weight is 425 g/mol. The Morgan fingerprint density at radius 2 is 1.96 bits per heavy atom. The lowest BCUT2D eigenvalue weighted by molar-refractivity contribution is 0.199. The molecule has 4 rings (SSSR count). The van der Waals surface area contributed by atoms with E-state index in [1.165, 1.54) is 49.2 Å². The first-order valence-corrected chi connectivity index (χ1v) is 11.2. The van der Waals surface area contributed by atoms with E-state index in [1.807, 2.05) is 0 Å². The molecule has 0 amide bonds. The predicted octanol–water partition coefficient (Wildman–Crippen LogP) is 5.05. The van der Waals surface area contributed by atoms with Gasteiger partial charge in [0.05, 0.1) is 0 Å². The first-order valence-electron chi connectivity index (χ1n) is 9.47. The van der Waals surface area contributed by atoms with E-state index in [9.17, 15) is 8.78 Å². The molecule has 1 aliphatic carbocycles. The molecule has 1 N–H and O–H groups in total. The van der Waals surface area contributed by atoms with Crippen LogP contribution >= 0.6 is 23.9 Å². The molecular formula is C19H22F2N4OS2. The Morgan fingerprint density at radius 3 is 2.71 bits per heavy atom. The van der Waals surface area contributed by atoms with Gasteiger partial charge >= 0.3 is 0 Å². The number of anilines is 1. The standard InChI is InChI=1S/C19H22F2N4OS2/c20-15-8-3-5-13(18(15)21)12-27-19-22-16(24-28-25-9-4-10-25)11-17(23-19)26-14-6-1-2-7-14/h3,5,8,11,14H,1-2,4,6-7,9-10,12H2,(H,22,23,24). The summed E-state index contributed by atoms with van der Waals surface area (Å²) < 4.78 is 38.8. The van der Waals surface area contributed by atoms with Gasteiger partial charge in [-0.2, -0.15) is 4.98 Å². The van der Waals surface area contributed by atoms with Crippen molar-refractivity contribution in [3.8, 4) is 5.88 Å². The number of benzene rings is 1. The summed E-state index contributed by atoms with van der Waals surface area (Å²) in [6.07, 6.45) is 5.80. The molecule has 0 atom stereocenters. The number of rotatable bonds is 8. The van der Waals surface area contributed by atoms with E-state index < -0.39 is 11.6 Å². The molecule has 2 fully saturated rings.